The standard InChI is InChI=1S/C14H19NO3/c1-18-14(17)10-6-2-3-7-11(10)15-12-8-4-5-9-13(12)16/h2-3,6-7,12-13,15-16H,4-5,8-9H2,1H3/t12-,13-/m0/s1. The molecule has 18 heavy (non-hydrogen) atoms. The van der Waals surface area contributed by atoms with Gasteiger partial charge in [0, 0.05) is 5.69 Å². The van der Waals surface area contributed by atoms with Crippen LogP contribution in [0.15, 0.2) is 24.3 Å². The van der Waals surface area contributed by atoms with Crippen molar-refractivity contribution in [1.29, 1.82) is 0 Å². The average Bonchev–Trinajstić information content (AvgIpc) is 2.41. The number of hydrogen-bond donors (Lipinski definition) is 2. The van der Waals surface area contributed by atoms with Gasteiger partial charge in [-0.1, -0.05) is 25.0 Å². The number of para-hydroxylation sites is 1. The maximum atomic E-state index is 11.6. The Morgan fingerprint density at radius 3 is 2.78 bits per heavy atom. The van der Waals surface area contributed by atoms with Gasteiger partial charge in [-0.2, -0.15) is 0 Å². The van der Waals surface area contributed by atoms with E-state index in [4.69, 9.17) is 4.74 Å². The van der Waals surface area contributed by atoms with Crippen molar-refractivity contribution >= 4 is 11.7 Å². The zero-order valence-corrected chi connectivity index (χ0v) is 10.6. The van der Waals surface area contributed by atoms with Gasteiger partial charge in [0.25, 0.3) is 0 Å². The number of methoxy groups -OCH3 is 1. The van der Waals surface area contributed by atoms with E-state index in [9.17, 15) is 9.90 Å². The van der Waals surface area contributed by atoms with Crippen molar-refractivity contribution in [1.82, 2.24) is 0 Å². The van der Waals surface area contributed by atoms with E-state index in [-0.39, 0.29) is 18.1 Å². The molecule has 0 aliphatic heterocycles. The highest BCUT2D eigenvalue weighted by atomic mass is 16.5. The summed E-state index contributed by atoms with van der Waals surface area (Å²) in [5.41, 5.74) is 1.24. The molecular weight excluding hydrogens is 230 g/mol. The van der Waals surface area contributed by atoms with E-state index < -0.39 is 0 Å². The van der Waals surface area contributed by atoms with E-state index in [0.29, 0.717) is 5.56 Å². The van der Waals surface area contributed by atoms with Crippen LogP contribution in [-0.4, -0.2) is 30.3 Å². The lowest BCUT2D eigenvalue weighted by Crippen LogP contribution is -2.36. The van der Waals surface area contributed by atoms with E-state index in [1.54, 1.807) is 12.1 Å². The van der Waals surface area contributed by atoms with Gasteiger partial charge < -0.3 is 15.2 Å². The van der Waals surface area contributed by atoms with Gasteiger partial charge in [-0.25, -0.2) is 4.79 Å². The predicted octanol–water partition coefficient (Wildman–Crippen LogP) is 2.19. The SMILES string of the molecule is COC(=O)c1ccccc1N[C@H]1CCCC[C@@H]1O. The van der Waals surface area contributed by atoms with Crippen molar-refractivity contribution in [2.24, 2.45) is 0 Å². The summed E-state index contributed by atoms with van der Waals surface area (Å²) >= 11 is 0. The number of aliphatic hydroxyl groups is 1. The van der Waals surface area contributed by atoms with E-state index in [1.807, 2.05) is 12.1 Å². The number of carbonyl (C=O) groups excluding carboxylic acids is 1. The van der Waals surface area contributed by atoms with Crippen molar-refractivity contribution in [3.63, 3.8) is 0 Å². The monoisotopic (exact) mass is 249 g/mol. The molecule has 1 aliphatic rings. The average molecular weight is 249 g/mol. The Balaban J connectivity index is 2.15. The molecule has 1 saturated carbocycles. The Labute approximate surface area is 107 Å². The maximum absolute atomic E-state index is 11.6. The third-order valence-electron chi connectivity index (χ3n) is 3.40. The quantitative estimate of drug-likeness (QED) is 0.806. The first kappa shape index (κ1) is 12.9. The first-order valence-corrected chi connectivity index (χ1v) is 6.34. The summed E-state index contributed by atoms with van der Waals surface area (Å²) in [6, 6.07) is 7.25. The zero-order valence-electron chi connectivity index (χ0n) is 10.6. The summed E-state index contributed by atoms with van der Waals surface area (Å²) in [5, 5.41) is 13.2. The molecule has 2 atom stereocenters. The molecule has 1 aromatic carbocycles. The Hall–Kier alpha value is -1.55. The van der Waals surface area contributed by atoms with Crippen LogP contribution in [-0.2, 0) is 4.74 Å². The molecule has 4 heteroatoms. The molecular formula is C14H19NO3. The Kier molecular flexibility index (Phi) is 4.20. The first-order valence-electron chi connectivity index (χ1n) is 6.34. The van der Waals surface area contributed by atoms with Crippen LogP contribution in [0.3, 0.4) is 0 Å². The molecule has 0 spiro atoms. The smallest absolute Gasteiger partial charge is 0.339 e. The van der Waals surface area contributed by atoms with Crippen molar-refractivity contribution in [3.05, 3.63) is 29.8 Å². The van der Waals surface area contributed by atoms with Crippen LogP contribution in [0.4, 0.5) is 5.69 Å². The fourth-order valence-corrected chi connectivity index (χ4v) is 2.38. The summed E-state index contributed by atoms with van der Waals surface area (Å²) in [5.74, 6) is -0.358. The van der Waals surface area contributed by atoms with E-state index in [2.05, 4.69) is 5.32 Å². The highest BCUT2D eigenvalue weighted by Gasteiger charge is 2.24. The molecule has 2 N–H and O–H groups in total. The number of rotatable bonds is 3. The first-order chi connectivity index (χ1) is 8.72. The minimum Gasteiger partial charge on any atom is -0.465 e. The Bertz CT molecular complexity index is 419. The second-order valence-electron chi connectivity index (χ2n) is 4.64. The molecule has 0 unspecified atom stereocenters. The van der Waals surface area contributed by atoms with Crippen molar-refractivity contribution in [2.45, 2.75) is 37.8 Å². The van der Waals surface area contributed by atoms with Gasteiger partial charge in [0.1, 0.15) is 0 Å². The lowest BCUT2D eigenvalue weighted by atomic mass is 9.92. The van der Waals surface area contributed by atoms with Crippen LogP contribution in [0, 0.1) is 0 Å². The molecule has 98 valence electrons. The molecule has 0 saturated heterocycles. The fourth-order valence-electron chi connectivity index (χ4n) is 2.38. The van der Waals surface area contributed by atoms with Gasteiger partial charge in [-0.15, -0.1) is 0 Å². The van der Waals surface area contributed by atoms with Crippen LogP contribution in [0.5, 0.6) is 0 Å². The third-order valence-corrected chi connectivity index (χ3v) is 3.40. The van der Waals surface area contributed by atoms with Gasteiger partial charge in [0.05, 0.1) is 24.8 Å². The third kappa shape index (κ3) is 2.82. The van der Waals surface area contributed by atoms with E-state index >= 15 is 0 Å². The van der Waals surface area contributed by atoms with Gasteiger partial charge in [0.2, 0.25) is 0 Å². The van der Waals surface area contributed by atoms with Crippen LogP contribution in [0.2, 0.25) is 0 Å². The molecule has 1 fully saturated rings. The summed E-state index contributed by atoms with van der Waals surface area (Å²) in [6.45, 7) is 0. The van der Waals surface area contributed by atoms with Crippen LogP contribution >= 0.6 is 0 Å². The van der Waals surface area contributed by atoms with Crippen LogP contribution in [0.25, 0.3) is 0 Å². The molecule has 2 rings (SSSR count). The summed E-state index contributed by atoms with van der Waals surface area (Å²) in [7, 11) is 1.37. The molecule has 0 amide bonds. The Morgan fingerprint density at radius 1 is 1.33 bits per heavy atom. The summed E-state index contributed by atoms with van der Waals surface area (Å²) in [4.78, 5) is 11.6. The number of ether oxygens (including phenoxy) is 1. The number of aliphatic hydroxyl groups excluding tert-OH is 1. The summed E-state index contributed by atoms with van der Waals surface area (Å²) < 4.78 is 4.75. The normalized spacial score (nSPS) is 23.4. The minimum atomic E-state index is -0.358. The van der Waals surface area contributed by atoms with Crippen LogP contribution in [0.1, 0.15) is 36.0 Å². The number of nitrogens with one attached hydrogen (secondary N) is 1. The van der Waals surface area contributed by atoms with Gasteiger partial charge >= 0.3 is 5.97 Å². The zero-order chi connectivity index (χ0) is 13.0. The van der Waals surface area contributed by atoms with E-state index in [1.165, 1.54) is 7.11 Å². The lowest BCUT2D eigenvalue weighted by Gasteiger charge is -2.29. The molecule has 1 aliphatic carbocycles. The molecule has 1 aromatic rings. The number of anilines is 1. The maximum Gasteiger partial charge on any atom is 0.339 e. The number of benzene rings is 1. The fraction of sp³-hybridized carbons (Fsp3) is 0.500. The van der Waals surface area contributed by atoms with Gasteiger partial charge in [-0.3, -0.25) is 0 Å². The Morgan fingerprint density at radius 2 is 2.06 bits per heavy atom. The number of esters is 1. The molecule has 0 aromatic heterocycles. The topological polar surface area (TPSA) is 58.6 Å². The van der Waals surface area contributed by atoms with Crippen LogP contribution < -0.4 is 5.32 Å². The largest absolute Gasteiger partial charge is 0.465 e. The highest BCUT2D eigenvalue weighted by molar-refractivity contribution is 5.95. The number of carbonyl (C=O) groups is 1. The van der Waals surface area contributed by atoms with Gasteiger partial charge in [0.15, 0.2) is 0 Å². The molecule has 0 radical (unpaired) electrons. The minimum absolute atomic E-state index is 0.0181. The van der Waals surface area contributed by atoms with Crippen molar-refractivity contribution in [2.75, 3.05) is 12.4 Å². The second kappa shape index (κ2) is 5.87. The molecule has 4 nitrogen and oxygen atoms in total. The van der Waals surface area contributed by atoms with Crippen molar-refractivity contribution < 1.29 is 14.6 Å². The highest BCUT2D eigenvalue weighted by Crippen LogP contribution is 2.24. The second-order valence-corrected chi connectivity index (χ2v) is 4.64. The van der Waals surface area contributed by atoms with Crippen molar-refractivity contribution in [3.8, 4) is 0 Å². The summed E-state index contributed by atoms with van der Waals surface area (Å²) in [6.07, 6.45) is 3.58. The molecule has 0 bridgehead atoms. The predicted molar refractivity (Wildman–Crippen MR) is 69.7 cm³/mol. The molecule has 0 heterocycles. The lowest BCUT2D eigenvalue weighted by molar-refractivity contribution is 0.0601. The number of hydrogen-bond acceptors (Lipinski definition) is 4. The van der Waals surface area contributed by atoms with E-state index in [0.717, 1.165) is 31.4 Å². The van der Waals surface area contributed by atoms with Gasteiger partial charge in [-0.05, 0) is 25.0 Å².